The number of nitrogens with one attached hydrogen (secondary N) is 1. The summed E-state index contributed by atoms with van der Waals surface area (Å²) < 4.78 is 6.60. The smallest absolute Gasteiger partial charge is 0.0964 e. The summed E-state index contributed by atoms with van der Waals surface area (Å²) >= 11 is 0. The number of nitrogens with zero attached hydrogens (tertiary/aromatic N) is 3. The average Bonchev–Trinajstić information content (AvgIpc) is 2.72. The summed E-state index contributed by atoms with van der Waals surface area (Å²) in [4.78, 5) is 0. The Morgan fingerprint density at radius 2 is 2.38 bits per heavy atom. The van der Waals surface area contributed by atoms with E-state index in [1.807, 2.05) is 6.20 Å². The molecule has 6 nitrogen and oxygen atoms in total. The molecule has 0 saturated heterocycles. The Balaban J connectivity index is 2.07. The van der Waals surface area contributed by atoms with Crippen molar-refractivity contribution in [1.82, 2.24) is 20.3 Å². The van der Waals surface area contributed by atoms with Gasteiger partial charge in [-0.1, -0.05) is 5.21 Å². The average molecular weight is 228 g/mol. The number of hydrogen-bond donors (Lipinski definition) is 2. The van der Waals surface area contributed by atoms with Crippen molar-refractivity contribution in [3.63, 3.8) is 0 Å². The van der Waals surface area contributed by atoms with Crippen LogP contribution in [-0.4, -0.2) is 47.0 Å². The van der Waals surface area contributed by atoms with Crippen LogP contribution in [0.3, 0.4) is 0 Å². The molecule has 0 atom stereocenters. The fourth-order valence-corrected chi connectivity index (χ4v) is 1.34. The van der Waals surface area contributed by atoms with Gasteiger partial charge in [0.05, 0.1) is 18.8 Å². The van der Waals surface area contributed by atoms with E-state index in [4.69, 9.17) is 9.84 Å². The van der Waals surface area contributed by atoms with Crippen LogP contribution >= 0.6 is 0 Å². The lowest BCUT2D eigenvalue weighted by molar-refractivity contribution is 0.192. The molecule has 1 aromatic heterocycles. The number of unbranched alkanes of at least 4 members (excludes halogenated alkanes) is 1. The third-order valence-electron chi connectivity index (χ3n) is 2.17. The minimum absolute atomic E-state index is 0.0905. The molecule has 0 saturated carbocycles. The van der Waals surface area contributed by atoms with Crippen LogP contribution in [0.5, 0.6) is 0 Å². The van der Waals surface area contributed by atoms with Gasteiger partial charge in [-0.3, -0.25) is 0 Å². The van der Waals surface area contributed by atoms with Gasteiger partial charge in [0.1, 0.15) is 0 Å². The Kier molecular flexibility index (Phi) is 6.71. The molecular weight excluding hydrogens is 208 g/mol. The van der Waals surface area contributed by atoms with Crippen molar-refractivity contribution in [3.05, 3.63) is 11.9 Å². The lowest BCUT2D eigenvalue weighted by atomic mass is 10.3. The molecule has 1 aromatic rings. The number of aliphatic hydroxyl groups is 1. The number of aliphatic hydroxyl groups excluding tert-OH is 1. The molecule has 0 aliphatic rings. The van der Waals surface area contributed by atoms with Crippen molar-refractivity contribution in [1.29, 1.82) is 0 Å². The third kappa shape index (κ3) is 5.20. The minimum Gasteiger partial charge on any atom is -0.394 e. The van der Waals surface area contributed by atoms with Crippen molar-refractivity contribution in [2.45, 2.75) is 25.9 Å². The van der Waals surface area contributed by atoms with Crippen LogP contribution in [0, 0.1) is 0 Å². The van der Waals surface area contributed by atoms with Gasteiger partial charge in [0.15, 0.2) is 0 Å². The third-order valence-corrected chi connectivity index (χ3v) is 2.17. The normalized spacial score (nSPS) is 10.9. The maximum Gasteiger partial charge on any atom is 0.0964 e. The Morgan fingerprint density at radius 3 is 3.12 bits per heavy atom. The van der Waals surface area contributed by atoms with Crippen molar-refractivity contribution < 1.29 is 9.84 Å². The summed E-state index contributed by atoms with van der Waals surface area (Å²) in [5, 5.41) is 19.9. The van der Waals surface area contributed by atoms with Gasteiger partial charge in [-0.15, -0.1) is 5.10 Å². The van der Waals surface area contributed by atoms with Crippen molar-refractivity contribution in [3.8, 4) is 0 Å². The lowest BCUT2D eigenvalue weighted by Gasteiger charge is -2.01. The second-order valence-electron chi connectivity index (χ2n) is 3.57. The maximum atomic E-state index is 8.71. The van der Waals surface area contributed by atoms with Crippen molar-refractivity contribution >= 4 is 0 Å². The molecule has 0 amide bonds. The molecule has 6 heteroatoms. The number of hydrogen-bond acceptors (Lipinski definition) is 5. The molecule has 0 aromatic carbocycles. The zero-order valence-corrected chi connectivity index (χ0v) is 9.72. The molecule has 0 radical (unpaired) electrons. The highest BCUT2D eigenvalue weighted by Crippen LogP contribution is 1.93. The molecule has 0 fully saturated rings. The number of ether oxygens (including phenoxy) is 1. The first kappa shape index (κ1) is 13.1. The number of methoxy groups -OCH3 is 1. The SMILES string of the molecule is COCCCCNCc1cn(CCO)nn1. The predicted octanol–water partition coefficient (Wildman–Crippen LogP) is -0.213. The summed E-state index contributed by atoms with van der Waals surface area (Å²) in [5.74, 6) is 0. The van der Waals surface area contributed by atoms with E-state index in [1.54, 1.807) is 11.8 Å². The molecule has 92 valence electrons. The fourth-order valence-electron chi connectivity index (χ4n) is 1.34. The molecule has 0 bridgehead atoms. The molecule has 0 unspecified atom stereocenters. The Bertz CT molecular complexity index is 278. The quantitative estimate of drug-likeness (QED) is 0.572. The van der Waals surface area contributed by atoms with E-state index in [0.29, 0.717) is 6.54 Å². The van der Waals surface area contributed by atoms with Crippen LogP contribution in [0.25, 0.3) is 0 Å². The summed E-state index contributed by atoms with van der Waals surface area (Å²) in [6.07, 6.45) is 4.01. The van der Waals surface area contributed by atoms with Gasteiger partial charge >= 0.3 is 0 Å². The second kappa shape index (κ2) is 8.20. The van der Waals surface area contributed by atoms with E-state index >= 15 is 0 Å². The summed E-state index contributed by atoms with van der Waals surface area (Å²) in [5.41, 5.74) is 0.903. The molecule has 1 rings (SSSR count). The van der Waals surface area contributed by atoms with Crippen LogP contribution in [-0.2, 0) is 17.8 Å². The van der Waals surface area contributed by atoms with Crippen LogP contribution in [0.4, 0.5) is 0 Å². The molecular formula is C10H20N4O2. The minimum atomic E-state index is 0.0905. The largest absolute Gasteiger partial charge is 0.394 e. The zero-order chi connectivity index (χ0) is 11.6. The van der Waals surface area contributed by atoms with Gasteiger partial charge in [0, 0.05) is 26.5 Å². The van der Waals surface area contributed by atoms with Crippen LogP contribution in [0.1, 0.15) is 18.5 Å². The lowest BCUT2D eigenvalue weighted by Crippen LogP contribution is -2.15. The Labute approximate surface area is 95.6 Å². The monoisotopic (exact) mass is 228 g/mol. The van der Waals surface area contributed by atoms with Crippen LogP contribution < -0.4 is 5.32 Å². The van der Waals surface area contributed by atoms with E-state index in [2.05, 4.69) is 15.6 Å². The summed E-state index contributed by atoms with van der Waals surface area (Å²) in [7, 11) is 1.72. The first-order valence-corrected chi connectivity index (χ1v) is 5.56. The highest BCUT2D eigenvalue weighted by molar-refractivity contribution is 4.91. The molecule has 2 N–H and O–H groups in total. The van der Waals surface area contributed by atoms with E-state index in [-0.39, 0.29) is 6.61 Å². The van der Waals surface area contributed by atoms with Crippen LogP contribution in [0.15, 0.2) is 6.20 Å². The molecule has 1 heterocycles. The second-order valence-corrected chi connectivity index (χ2v) is 3.57. The molecule has 0 aliphatic heterocycles. The Morgan fingerprint density at radius 1 is 1.50 bits per heavy atom. The first-order chi connectivity index (χ1) is 7.86. The van der Waals surface area contributed by atoms with E-state index in [0.717, 1.165) is 38.2 Å². The van der Waals surface area contributed by atoms with E-state index < -0.39 is 0 Å². The summed E-state index contributed by atoms with van der Waals surface area (Å²) in [6, 6.07) is 0. The first-order valence-electron chi connectivity index (χ1n) is 5.56. The van der Waals surface area contributed by atoms with E-state index in [1.165, 1.54) is 0 Å². The fraction of sp³-hybridized carbons (Fsp3) is 0.800. The van der Waals surface area contributed by atoms with Gasteiger partial charge < -0.3 is 15.2 Å². The van der Waals surface area contributed by atoms with Gasteiger partial charge in [-0.05, 0) is 19.4 Å². The van der Waals surface area contributed by atoms with Gasteiger partial charge in [-0.2, -0.15) is 0 Å². The topological polar surface area (TPSA) is 72.2 Å². The van der Waals surface area contributed by atoms with Crippen molar-refractivity contribution in [2.24, 2.45) is 0 Å². The zero-order valence-electron chi connectivity index (χ0n) is 9.72. The van der Waals surface area contributed by atoms with E-state index in [9.17, 15) is 0 Å². The molecule has 0 spiro atoms. The molecule has 16 heavy (non-hydrogen) atoms. The summed E-state index contributed by atoms with van der Waals surface area (Å²) in [6.45, 7) is 3.08. The highest BCUT2D eigenvalue weighted by atomic mass is 16.5. The van der Waals surface area contributed by atoms with Crippen molar-refractivity contribution in [2.75, 3.05) is 26.9 Å². The number of aromatic nitrogens is 3. The Hall–Kier alpha value is -0.980. The van der Waals surface area contributed by atoms with Gasteiger partial charge in [0.2, 0.25) is 0 Å². The molecule has 0 aliphatic carbocycles. The van der Waals surface area contributed by atoms with Gasteiger partial charge in [-0.25, -0.2) is 4.68 Å². The highest BCUT2D eigenvalue weighted by Gasteiger charge is 1.99. The predicted molar refractivity (Wildman–Crippen MR) is 59.9 cm³/mol. The standard InChI is InChI=1S/C10H20N4O2/c1-16-7-3-2-4-11-8-10-9-14(5-6-15)13-12-10/h9,11,15H,2-8H2,1H3. The van der Waals surface area contributed by atoms with Crippen LogP contribution in [0.2, 0.25) is 0 Å². The maximum absolute atomic E-state index is 8.71. The number of rotatable bonds is 9. The van der Waals surface area contributed by atoms with Gasteiger partial charge in [0.25, 0.3) is 0 Å².